The van der Waals surface area contributed by atoms with Gasteiger partial charge < -0.3 is 16.2 Å². The first-order valence-electron chi connectivity index (χ1n) is 12.9. The molecule has 2 aromatic carbocycles. The summed E-state index contributed by atoms with van der Waals surface area (Å²) in [6.45, 7) is 6.49. The Balaban J connectivity index is 1.52. The van der Waals surface area contributed by atoms with E-state index in [2.05, 4.69) is 29.4 Å². The van der Waals surface area contributed by atoms with E-state index < -0.39 is 12.0 Å². The minimum Gasteiger partial charge on any atom is -0.478 e. The molecule has 4 N–H and O–H groups in total. The van der Waals surface area contributed by atoms with Crippen LogP contribution in [0.15, 0.2) is 47.5 Å². The Bertz CT molecular complexity index is 1640. The van der Waals surface area contributed by atoms with Crippen molar-refractivity contribution >= 4 is 46.2 Å². The van der Waals surface area contributed by atoms with Gasteiger partial charge in [0.25, 0.3) is 0 Å². The average Bonchev–Trinajstić information content (AvgIpc) is 3.40. The molecule has 9 nitrogen and oxygen atoms in total. The van der Waals surface area contributed by atoms with E-state index in [1.165, 1.54) is 6.07 Å². The molecule has 1 amide bonds. The summed E-state index contributed by atoms with van der Waals surface area (Å²) < 4.78 is 1.99. The molecule has 0 radical (unpaired) electrons. The normalized spacial score (nSPS) is 14.2. The van der Waals surface area contributed by atoms with Gasteiger partial charge in [-0.15, -0.1) is 21.5 Å². The second-order valence-electron chi connectivity index (χ2n) is 9.73. The molecule has 0 unspecified atom stereocenters. The van der Waals surface area contributed by atoms with Crippen molar-refractivity contribution in [3.05, 3.63) is 91.8 Å². The van der Waals surface area contributed by atoms with E-state index in [9.17, 15) is 14.7 Å². The number of halogens is 1. The lowest BCUT2D eigenvalue weighted by Crippen LogP contribution is -2.18. The summed E-state index contributed by atoms with van der Waals surface area (Å²) in [6.07, 6.45) is 1.21. The van der Waals surface area contributed by atoms with Crippen molar-refractivity contribution in [1.82, 2.24) is 14.8 Å². The van der Waals surface area contributed by atoms with Crippen LogP contribution < -0.4 is 11.1 Å². The number of aromatic carboxylic acids is 1. The second-order valence-corrected chi connectivity index (χ2v) is 11.4. The number of carbonyl (C=O) groups is 2. The zero-order valence-electron chi connectivity index (χ0n) is 22.4. The van der Waals surface area contributed by atoms with Crippen LogP contribution in [0, 0.1) is 20.8 Å². The first-order valence-corrected chi connectivity index (χ1v) is 14.1. The number of anilines is 1. The summed E-state index contributed by atoms with van der Waals surface area (Å²) in [5.41, 5.74) is 10.5. The Labute approximate surface area is 240 Å². The molecule has 1 aliphatic heterocycles. The molecule has 0 spiro atoms. The van der Waals surface area contributed by atoms with Gasteiger partial charge >= 0.3 is 5.97 Å². The molecule has 206 valence electrons. The van der Waals surface area contributed by atoms with Crippen LogP contribution in [-0.2, 0) is 11.2 Å². The first kappa shape index (κ1) is 27.7. The van der Waals surface area contributed by atoms with Crippen molar-refractivity contribution in [3.8, 4) is 5.00 Å². The third kappa shape index (κ3) is 5.30. The van der Waals surface area contributed by atoms with Crippen molar-refractivity contribution in [1.29, 1.82) is 0 Å². The topological polar surface area (TPSA) is 135 Å². The number of benzene rings is 2. The van der Waals surface area contributed by atoms with Gasteiger partial charge in [0.1, 0.15) is 16.9 Å². The molecule has 3 heterocycles. The van der Waals surface area contributed by atoms with Crippen LogP contribution in [0.2, 0.25) is 5.02 Å². The van der Waals surface area contributed by atoms with Crippen LogP contribution in [0.3, 0.4) is 0 Å². The summed E-state index contributed by atoms with van der Waals surface area (Å²) in [5.74, 6) is -0.0952. The largest absolute Gasteiger partial charge is 0.478 e. The quantitative estimate of drug-likeness (QED) is 0.256. The molecule has 4 aromatic rings. The van der Waals surface area contributed by atoms with Gasteiger partial charge in [0.15, 0.2) is 5.82 Å². The van der Waals surface area contributed by atoms with Crippen LogP contribution in [0.1, 0.15) is 68.0 Å². The Morgan fingerprint density at radius 3 is 2.58 bits per heavy atom. The molecule has 1 atom stereocenters. The molecule has 1 aliphatic rings. The Hall–Kier alpha value is -3.86. The summed E-state index contributed by atoms with van der Waals surface area (Å²) in [6, 6.07) is 11.8. The fraction of sp³-hybridized carbons (Fsp3) is 0.276. The number of carbonyl (C=O) groups excluding carboxylic acids is 1. The fourth-order valence-corrected chi connectivity index (χ4v) is 6.22. The van der Waals surface area contributed by atoms with Crippen LogP contribution >= 0.6 is 22.9 Å². The van der Waals surface area contributed by atoms with Crippen molar-refractivity contribution in [2.75, 3.05) is 11.9 Å². The lowest BCUT2D eigenvalue weighted by molar-refractivity contribution is -0.116. The maximum Gasteiger partial charge on any atom is 0.336 e. The number of hydrogen-bond donors (Lipinski definition) is 3. The molecule has 0 aliphatic carbocycles. The van der Waals surface area contributed by atoms with E-state index in [0.717, 1.165) is 32.3 Å². The number of nitrogens with two attached hydrogens (primary N) is 1. The predicted octanol–water partition coefficient (Wildman–Crippen LogP) is 5.42. The van der Waals surface area contributed by atoms with Crippen LogP contribution in [0.4, 0.5) is 5.69 Å². The van der Waals surface area contributed by atoms with Crippen molar-refractivity contribution < 1.29 is 14.7 Å². The molecular formula is C29H29ClN6O3S. The maximum atomic E-state index is 13.4. The van der Waals surface area contributed by atoms with E-state index in [1.807, 2.05) is 35.8 Å². The van der Waals surface area contributed by atoms with Gasteiger partial charge in [-0.25, -0.2) is 4.79 Å². The summed E-state index contributed by atoms with van der Waals surface area (Å²) in [4.78, 5) is 31.5. The Morgan fingerprint density at radius 2 is 1.88 bits per heavy atom. The monoisotopic (exact) mass is 576 g/mol. The number of rotatable bonds is 8. The number of amides is 1. The van der Waals surface area contributed by atoms with E-state index in [1.54, 1.807) is 23.5 Å². The van der Waals surface area contributed by atoms with E-state index in [4.69, 9.17) is 22.3 Å². The van der Waals surface area contributed by atoms with Crippen LogP contribution in [-0.4, -0.2) is 44.0 Å². The minimum absolute atomic E-state index is 0.0144. The van der Waals surface area contributed by atoms with Crippen molar-refractivity contribution in [2.24, 2.45) is 10.7 Å². The zero-order valence-corrected chi connectivity index (χ0v) is 23.9. The van der Waals surface area contributed by atoms with Gasteiger partial charge in [-0.2, -0.15) is 0 Å². The fourth-order valence-electron chi connectivity index (χ4n) is 4.88. The number of nitrogens with one attached hydrogen (secondary N) is 1. The third-order valence-corrected chi connectivity index (χ3v) is 8.45. The number of carboxylic acid groups (broad SMARTS) is 1. The molecule has 40 heavy (non-hydrogen) atoms. The summed E-state index contributed by atoms with van der Waals surface area (Å²) in [7, 11) is 0. The van der Waals surface area contributed by atoms with E-state index >= 15 is 0 Å². The number of aliphatic imine (C=N–C) groups is 1. The minimum atomic E-state index is -1.05. The lowest BCUT2D eigenvalue weighted by atomic mass is 9.99. The standard InChI is InChI=1S/C29H29ClN6O3S/c1-15-16(2)40-28-25(15)26(19-6-9-20(30)10-7-19)33-23(27-35-34-17(3)36(27)28)14-24(37)32-21-11-8-18(5-4-12-31)22(13-21)29(38)39/h6-11,13,23H,4-5,12,14,31H2,1-3H3,(H,32,37)(H,38,39)/t23-/m0/s1. The molecule has 0 saturated carbocycles. The average molecular weight is 577 g/mol. The van der Waals surface area contributed by atoms with Gasteiger partial charge in [0.2, 0.25) is 5.91 Å². The third-order valence-electron chi connectivity index (χ3n) is 7.01. The highest BCUT2D eigenvalue weighted by molar-refractivity contribution is 7.15. The van der Waals surface area contributed by atoms with Gasteiger partial charge in [0.05, 0.1) is 17.7 Å². The zero-order chi connectivity index (χ0) is 28.6. The molecule has 2 aromatic heterocycles. The van der Waals surface area contributed by atoms with Crippen molar-refractivity contribution in [3.63, 3.8) is 0 Å². The number of aromatic nitrogens is 3. The number of nitrogens with zero attached hydrogens (tertiary/aromatic N) is 4. The number of carboxylic acids is 1. The molecule has 0 bridgehead atoms. The predicted molar refractivity (Wildman–Crippen MR) is 157 cm³/mol. The van der Waals surface area contributed by atoms with Crippen LogP contribution in [0.25, 0.3) is 5.00 Å². The lowest BCUT2D eigenvalue weighted by Gasteiger charge is -2.14. The molecule has 11 heteroatoms. The Morgan fingerprint density at radius 1 is 1.12 bits per heavy atom. The van der Waals surface area contributed by atoms with Crippen molar-refractivity contribution in [2.45, 2.75) is 46.1 Å². The molecule has 5 rings (SSSR count). The molecule has 0 fully saturated rings. The molecular weight excluding hydrogens is 548 g/mol. The number of hydrogen-bond acceptors (Lipinski definition) is 7. The number of thiophene rings is 1. The first-order chi connectivity index (χ1) is 19.2. The highest BCUT2D eigenvalue weighted by Crippen LogP contribution is 2.39. The van der Waals surface area contributed by atoms with E-state index in [0.29, 0.717) is 47.3 Å². The van der Waals surface area contributed by atoms with Crippen LogP contribution in [0.5, 0.6) is 0 Å². The van der Waals surface area contributed by atoms with Gasteiger partial charge in [0, 0.05) is 26.7 Å². The Kier molecular flexibility index (Phi) is 7.84. The number of aryl methyl sites for hydroxylation is 3. The highest BCUT2D eigenvalue weighted by atomic mass is 35.5. The molecule has 0 saturated heterocycles. The summed E-state index contributed by atoms with van der Waals surface area (Å²) >= 11 is 7.82. The smallest absolute Gasteiger partial charge is 0.336 e. The second kappa shape index (κ2) is 11.3. The summed E-state index contributed by atoms with van der Waals surface area (Å²) in [5, 5.41) is 22.9. The number of fused-ring (bicyclic) bond motifs is 3. The van der Waals surface area contributed by atoms with Gasteiger partial charge in [-0.3, -0.25) is 14.4 Å². The van der Waals surface area contributed by atoms with Gasteiger partial charge in [-0.1, -0.05) is 29.8 Å². The highest BCUT2D eigenvalue weighted by Gasteiger charge is 2.32. The maximum absolute atomic E-state index is 13.4. The van der Waals surface area contributed by atoms with E-state index in [-0.39, 0.29) is 17.9 Å². The van der Waals surface area contributed by atoms with Gasteiger partial charge in [-0.05, 0) is 75.5 Å². The SMILES string of the molecule is Cc1sc2c(c1C)C(c1ccc(Cl)cc1)=N[C@@H](CC(=O)Nc1ccc(CCCN)c(C(=O)O)c1)c1nnc(C)n1-2.